The Morgan fingerprint density at radius 1 is 1.29 bits per heavy atom. The fraction of sp³-hybridized carbons (Fsp3) is 0.929. The fourth-order valence-electron chi connectivity index (χ4n) is 2.83. The Morgan fingerprint density at radius 3 is 2.41 bits per heavy atom. The normalized spacial score (nSPS) is 31.6. The number of esters is 1. The molecule has 100 valence electrons. The first-order chi connectivity index (χ1) is 7.94. The van der Waals surface area contributed by atoms with Gasteiger partial charge in [-0.05, 0) is 19.3 Å². The van der Waals surface area contributed by atoms with Gasteiger partial charge in [-0.25, -0.2) is 4.79 Å². The van der Waals surface area contributed by atoms with Crippen LogP contribution in [0.3, 0.4) is 0 Å². The molecular weight excluding hydrogens is 216 g/mol. The zero-order chi connectivity index (χ0) is 13.1. The van der Waals surface area contributed by atoms with Crippen molar-refractivity contribution in [1.29, 1.82) is 0 Å². The molecule has 0 aromatic heterocycles. The molecule has 0 N–H and O–H groups in total. The van der Waals surface area contributed by atoms with Gasteiger partial charge in [0.05, 0.1) is 7.11 Å². The maximum Gasteiger partial charge on any atom is 0.341 e. The number of unbranched alkanes of at least 4 members (excludes halogenated alkanes) is 3. The molecule has 0 bridgehead atoms. The predicted molar refractivity (Wildman–Crippen MR) is 67.8 cm³/mol. The van der Waals surface area contributed by atoms with E-state index in [4.69, 9.17) is 9.47 Å². The van der Waals surface area contributed by atoms with E-state index in [0.717, 1.165) is 12.8 Å². The lowest BCUT2D eigenvalue weighted by Gasteiger charge is -2.18. The van der Waals surface area contributed by atoms with Crippen molar-refractivity contribution in [2.45, 2.75) is 71.0 Å². The van der Waals surface area contributed by atoms with Crippen molar-refractivity contribution in [3.63, 3.8) is 0 Å². The van der Waals surface area contributed by atoms with E-state index in [0.29, 0.717) is 0 Å². The zero-order valence-electron chi connectivity index (χ0n) is 11.8. The van der Waals surface area contributed by atoms with E-state index < -0.39 is 5.60 Å². The monoisotopic (exact) mass is 242 g/mol. The van der Waals surface area contributed by atoms with E-state index in [-0.39, 0.29) is 17.5 Å². The molecule has 1 fully saturated rings. The smallest absolute Gasteiger partial charge is 0.341 e. The second kappa shape index (κ2) is 5.38. The molecule has 2 unspecified atom stereocenters. The topological polar surface area (TPSA) is 38.8 Å². The van der Waals surface area contributed by atoms with Crippen LogP contribution in [0.15, 0.2) is 0 Å². The van der Waals surface area contributed by atoms with Crippen LogP contribution in [-0.2, 0) is 14.3 Å². The van der Waals surface area contributed by atoms with Crippen molar-refractivity contribution in [2.75, 3.05) is 7.11 Å². The highest BCUT2D eigenvalue weighted by atomic mass is 16.7. The van der Waals surface area contributed by atoms with E-state index in [9.17, 15) is 4.79 Å². The van der Waals surface area contributed by atoms with Crippen LogP contribution in [0.1, 0.15) is 59.8 Å². The lowest BCUT2D eigenvalue weighted by Crippen LogP contribution is -2.38. The van der Waals surface area contributed by atoms with Gasteiger partial charge in [-0.1, -0.05) is 46.5 Å². The van der Waals surface area contributed by atoms with Gasteiger partial charge in [0.25, 0.3) is 0 Å². The number of carbonyl (C=O) groups excluding carboxylic acids is 1. The van der Waals surface area contributed by atoms with E-state index >= 15 is 0 Å². The van der Waals surface area contributed by atoms with Gasteiger partial charge >= 0.3 is 5.97 Å². The van der Waals surface area contributed by atoms with Crippen LogP contribution in [-0.4, -0.2) is 24.3 Å². The Kier molecular flexibility index (Phi) is 4.59. The molecule has 3 nitrogen and oxygen atoms in total. The van der Waals surface area contributed by atoms with Gasteiger partial charge in [-0.3, -0.25) is 0 Å². The van der Waals surface area contributed by atoms with Crippen molar-refractivity contribution in [2.24, 2.45) is 5.92 Å². The molecule has 17 heavy (non-hydrogen) atoms. The van der Waals surface area contributed by atoms with Crippen LogP contribution in [0.2, 0.25) is 0 Å². The first-order valence-corrected chi connectivity index (χ1v) is 6.73. The minimum absolute atomic E-state index is 0.158. The van der Waals surface area contributed by atoms with E-state index in [1.807, 2.05) is 20.8 Å². The molecule has 1 saturated heterocycles. The molecule has 0 spiro atoms. The minimum atomic E-state index is -0.700. The maximum atomic E-state index is 11.9. The van der Waals surface area contributed by atoms with Crippen molar-refractivity contribution < 1.29 is 14.3 Å². The third-order valence-electron chi connectivity index (χ3n) is 3.94. The van der Waals surface area contributed by atoms with Gasteiger partial charge in [-0.15, -0.1) is 0 Å². The minimum Gasteiger partial charge on any atom is -0.467 e. The third kappa shape index (κ3) is 2.49. The van der Waals surface area contributed by atoms with Crippen LogP contribution >= 0.6 is 0 Å². The van der Waals surface area contributed by atoms with Crippen molar-refractivity contribution >= 4 is 5.97 Å². The number of carbonyl (C=O) groups is 1. The van der Waals surface area contributed by atoms with Gasteiger partial charge in [0, 0.05) is 0 Å². The van der Waals surface area contributed by atoms with E-state index in [1.165, 1.54) is 26.4 Å². The fourth-order valence-corrected chi connectivity index (χ4v) is 2.83. The Morgan fingerprint density at radius 2 is 1.94 bits per heavy atom. The first-order valence-electron chi connectivity index (χ1n) is 6.73. The highest BCUT2D eigenvalue weighted by molar-refractivity contribution is 5.85. The van der Waals surface area contributed by atoms with Gasteiger partial charge in [0.1, 0.15) is 5.60 Å². The maximum absolute atomic E-state index is 11.9. The van der Waals surface area contributed by atoms with Crippen molar-refractivity contribution in [1.82, 2.24) is 0 Å². The summed E-state index contributed by atoms with van der Waals surface area (Å²) in [5.41, 5.74) is -1.02. The molecule has 1 rings (SSSR count). The summed E-state index contributed by atoms with van der Waals surface area (Å²) < 4.78 is 10.7. The number of hydrogen-bond acceptors (Lipinski definition) is 3. The van der Waals surface area contributed by atoms with Gasteiger partial charge in [0.2, 0.25) is 0 Å². The average molecular weight is 242 g/mol. The summed E-state index contributed by atoms with van der Waals surface area (Å²) in [4.78, 5) is 11.9. The SMILES string of the molecule is CCCCCCC1(C)OC1(C(=O)OC)C(C)C. The molecule has 0 aliphatic carbocycles. The quantitative estimate of drug-likeness (QED) is 0.390. The summed E-state index contributed by atoms with van der Waals surface area (Å²) in [6.45, 7) is 8.28. The molecule has 0 radical (unpaired) electrons. The second-order valence-electron chi connectivity index (χ2n) is 5.53. The molecule has 1 aliphatic heterocycles. The summed E-state index contributed by atoms with van der Waals surface area (Å²) in [5.74, 6) is -0.0587. The van der Waals surface area contributed by atoms with Crippen LogP contribution in [0.25, 0.3) is 0 Å². The van der Waals surface area contributed by atoms with Crippen molar-refractivity contribution in [3.8, 4) is 0 Å². The number of rotatable bonds is 7. The number of methoxy groups -OCH3 is 1. The first kappa shape index (κ1) is 14.5. The average Bonchev–Trinajstić information content (AvgIpc) is 2.92. The Balaban J connectivity index is 2.57. The summed E-state index contributed by atoms with van der Waals surface area (Å²) in [6.07, 6.45) is 5.76. The van der Waals surface area contributed by atoms with Gasteiger partial charge < -0.3 is 9.47 Å². The number of hydrogen-bond donors (Lipinski definition) is 0. The summed E-state index contributed by atoms with van der Waals surface area (Å²) >= 11 is 0. The van der Waals surface area contributed by atoms with Crippen LogP contribution < -0.4 is 0 Å². The lowest BCUT2D eigenvalue weighted by atomic mass is 9.81. The lowest BCUT2D eigenvalue weighted by molar-refractivity contribution is -0.148. The largest absolute Gasteiger partial charge is 0.467 e. The van der Waals surface area contributed by atoms with Crippen LogP contribution in [0, 0.1) is 5.92 Å². The summed E-state index contributed by atoms with van der Waals surface area (Å²) in [6, 6.07) is 0. The molecule has 0 amide bonds. The third-order valence-corrected chi connectivity index (χ3v) is 3.94. The molecule has 2 atom stereocenters. The second-order valence-corrected chi connectivity index (χ2v) is 5.53. The Hall–Kier alpha value is -0.570. The summed E-state index contributed by atoms with van der Waals surface area (Å²) in [7, 11) is 1.44. The molecular formula is C14H26O3. The van der Waals surface area contributed by atoms with Gasteiger partial charge in [-0.2, -0.15) is 0 Å². The molecule has 0 aromatic rings. The highest BCUT2D eigenvalue weighted by Gasteiger charge is 2.73. The molecule has 3 heteroatoms. The predicted octanol–water partition coefficient (Wildman–Crippen LogP) is 3.31. The Bertz CT molecular complexity index is 275. The number of epoxide rings is 1. The summed E-state index contributed by atoms with van der Waals surface area (Å²) in [5, 5.41) is 0. The molecule has 1 heterocycles. The zero-order valence-corrected chi connectivity index (χ0v) is 11.8. The van der Waals surface area contributed by atoms with Crippen LogP contribution in [0.4, 0.5) is 0 Å². The molecule has 1 aliphatic rings. The number of ether oxygens (including phenoxy) is 2. The van der Waals surface area contributed by atoms with Crippen molar-refractivity contribution in [3.05, 3.63) is 0 Å². The van der Waals surface area contributed by atoms with E-state index in [1.54, 1.807) is 0 Å². The standard InChI is InChI=1S/C14H26O3/c1-6-7-8-9-10-13(4)14(17-13,11(2)3)12(15)16-5/h11H,6-10H2,1-5H3. The molecule has 0 aromatic carbocycles. The van der Waals surface area contributed by atoms with Crippen LogP contribution in [0.5, 0.6) is 0 Å². The molecule has 0 saturated carbocycles. The highest BCUT2D eigenvalue weighted by Crippen LogP contribution is 2.56. The Labute approximate surface area is 105 Å². The van der Waals surface area contributed by atoms with E-state index in [2.05, 4.69) is 6.92 Å². The van der Waals surface area contributed by atoms with Gasteiger partial charge in [0.15, 0.2) is 5.60 Å².